The molecular formula is C21H17N3O4S. The number of nitrogens with zero attached hydrogens (tertiary/aromatic N) is 2. The van der Waals surface area contributed by atoms with Gasteiger partial charge in [-0.05, 0) is 42.1 Å². The number of hydrogen-bond donors (Lipinski definition) is 1. The van der Waals surface area contributed by atoms with Crippen molar-refractivity contribution >= 4 is 35.2 Å². The van der Waals surface area contributed by atoms with Gasteiger partial charge in [-0.15, -0.1) is 0 Å². The highest BCUT2D eigenvalue weighted by Gasteiger charge is 2.30. The Morgan fingerprint density at radius 1 is 1.21 bits per heavy atom. The molecule has 1 heterocycles. The molecule has 0 aromatic heterocycles. The molecule has 1 aliphatic rings. The fourth-order valence-electron chi connectivity index (χ4n) is 2.72. The van der Waals surface area contributed by atoms with Crippen molar-refractivity contribution in [3.8, 4) is 17.6 Å². The predicted molar refractivity (Wildman–Crippen MR) is 110 cm³/mol. The van der Waals surface area contributed by atoms with E-state index < -0.39 is 11.8 Å². The van der Waals surface area contributed by atoms with Crippen LogP contribution in [0.5, 0.6) is 11.5 Å². The molecule has 0 unspecified atom stereocenters. The summed E-state index contributed by atoms with van der Waals surface area (Å²) in [7, 11) is 2.99. The van der Waals surface area contributed by atoms with Crippen LogP contribution in [0.25, 0.3) is 6.08 Å². The largest absolute Gasteiger partial charge is 0.493 e. The van der Waals surface area contributed by atoms with Crippen LogP contribution in [0.3, 0.4) is 0 Å². The second-order valence-electron chi connectivity index (χ2n) is 6.15. The highest BCUT2D eigenvalue weighted by molar-refractivity contribution is 7.80. The van der Waals surface area contributed by atoms with Gasteiger partial charge in [0.25, 0.3) is 11.8 Å². The number of nitrogens with one attached hydrogen (secondary N) is 1. The number of rotatable bonds is 5. The molecule has 8 heteroatoms. The molecule has 7 nitrogen and oxygen atoms in total. The second-order valence-corrected chi connectivity index (χ2v) is 6.54. The van der Waals surface area contributed by atoms with E-state index in [1.807, 2.05) is 12.1 Å². The number of nitriles is 1. The van der Waals surface area contributed by atoms with Gasteiger partial charge in [0.1, 0.15) is 12.2 Å². The zero-order valence-electron chi connectivity index (χ0n) is 15.8. The lowest BCUT2D eigenvalue weighted by atomic mass is 10.1. The van der Waals surface area contributed by atoms with E-state index in [0.717, 1.165) is 5.56 Å². The Labute approximate surface area is 173 Å². The van der Waals surface area contributed by atoms with E-state index in [2.05, 4.69) is 11.4 Å². The molecule has 1 fully saturated rings. The minimum Gasteiger partial charge on any atom is -0.493 e. The van der Waals surface area contributed by atoms with Gasteiger partial charge in [0, 0.05) is 12.6 Å². The maximum absolute atomic E-state index is 12.3. The van der Waals surface area contributed by atoms with E-state index in [1.54, 1.807) is 30.3 Å². The third kappa shape index (κ3) is 4.25. The smallest absolute Gasteiger partial charge is 0.265 e. The predicted octanol–water partition coefficient (Wildman–Crippen LogP) is 2.40. The Kier molecular flexibility index (Phi) is 5.90. The maximum Gasteiger partial charge on any atom is 0.265 e. The number of likely N-dealkylation sites (N-methyl/N-ethyl adjacent to an activating group) is 1. The van der Waals surface area contributed by atoms with Crippen molar-refractivity contribution in [3.05, 3.63) is 64.7 Å². The highest BCUT2D eigenvalue weighted by Crippen LogP contribution is 2.30. The lowest BCUT2D eigenvalue weighted by Gasteiger charge is -2.25. The van der Waals surface area contributed by atoms with Crippen LogP contribution < -0.4 is 14.8 Å². The van der Waals surface area contributed by atoms with Gasteiger partial charge < -0.3 is 9.47 Å². The maximum atomic E-state index is 12.3. The molecule has 3 rings (SSSR count). The molecular weight excluding hydrogens is 390 g/mol. The van der Waals surface area contributed by atoms with Crippen LogP contribution in [-0.2, 0) is 16.2 Å². The van der Waals surface area contributed by atoms with Crippen molar-refractivity contribution < 1.29 is 19.1 Å². The van der Waals surface area contributed by atoms with Crippen LogP contribution >= 0.6 is 12.2 Å². The standard InChI is InChI=1S/C21H17N3O4S/c1-24-20(26)16(19(25)23-21(24)29)9-13-7-8-17(18(10-13)27-2)28-12-15-6-4-3-5-14(15)11-22/h3-10H,12H2,1-2H3,(H,23,25,29)/b16-9+. The van der Waals surface area contributed by atoms with Gasteiger partial charge in [-0.25, -0.2) is 0 Å². The molecule has 29 heavy (non-hydrogen) atoms. The minimum absolute atomic E-state index is 0.0280. The molecule has 1 saturated heterocycles. The number of ether oxygens (including phenoxy) is 2. The molecule has 2 amide bonds. The summed E-state index contributed by atoms with van der Waals surface area (Å²) in [5.74, 6) is -0.127. The van der Waals surface area contributed by atoms with Gasteiger partial charge >= 0.3 is 0 Å². The summed E-state index contributed by atoms with van der Waals surface area (Å²) in [6.45, 7) is 0.198. The number of thiocarbonyl (C=S) groups is 1. The number of methoxy groups -OCH3 is 1. The average Bonchev–Trinajstić information content (AvgIpc) is 2.74. The Hall–Kier alpha value is -3.70. The second kappa shape index (κ2) is 8.54. The minimum atomic E-state index is -0.550. The number of amides is 2. The van der Waals surface area contributed by atoms with E-state index >= 15 is 0 Å². The van der Waals surface area contributed by atoms with Crippen molar-refractivity contribution in [2.24, 2.45) is 0 Å². The first kappa shape index (κ1) is 20.0. The fraction of sp³-hybridized carbons (Fsp3) is 0.143. The normalized spacial score (nSPS) is 15.1. The van der Waals surface area contributed by atoms with Crippen molar-refractivity contribution in [3.63, 3.8) is 0 Å². The summed E-state index contributed by atoms with van der Waals surface area (Å²) in [6.07, 6.45) is 1.47. The van der Waals surface area contributed by atoms with E-state index in [-0.39, 0.29) is 17.3 Å². The zero-order valence-corrected chi connectivity index (χ0v) is 16.6. The first-order valence-electron chi connectivity index (χ1n) is 8.58. The molecule has 146 valence electrons. The van der Waals surface area contributed by atoms with Gasteiger partial charge in [0.15, 0.2) is 16.6 Å². The molecule has 0 radical (unpaired) electrons. The SMILES string of the molecule is COc1cc(/C=C2\C(=O)NC(=S)N(C)C2=O)ccc1OCc1ccccc1C#N. The van der Waals surface area contributed by atoms with Crippen LogP contribution in [0.1, 0.15) is 16.7 Å². The monoisotopic (exact) mass is 407 g/mol. The third-order valence-corrected chi connectivity index (χ3v) is 4.70. The van der Waals surface area contributed by atoms with E-state index in [9.17, 15) is 14.9 Å². The number of hydrogen-bond acceptors (Lipinski definition) is 6. The fourth-order valence-corrected chi connectivity index (χ4v) is 2.89. The van der Waals surface area contributed by atoms with Crippen LogP contribution in [0, 0.1) is 11.3 Å². The Bertz CT molecular complexity index is 1070. The summed E-state index contributed by atoms with van der Waals surface area (Å²) >= 11 is 4.93. The zero-order chi connectivity index (χ0) is 21.0. The van der Waals surface area contributed by atoms with Crippen molar-refractivity contribution in [2.75, 3.05) is 14.2 Å². The van der Waals surface area contributed by atoms with Crippen molar-refractivity contribution in [1.82, 2.24) is 10.2 Å². The molecule has 0 atom stereocenters. The highest BCUT2D eigenvalue weighted by atomic mass is 32.1. The lowest BCUT2D eigenvalue weighted by molar-refractivity contribution is -0.128. The Balaban J connectivity index is 1.84. The molecule has 1 aliphatic heterocycles. The molecule has 2 aromatic carbocycles. The topological polar surface area (TPSA) is 91.7 Å². The molecule has 1 N–H and O–H groups in total. The van der Waals surface area contributed by atoms with Gasteiger partial charge in [-0.2, -0.15) is 5.26 Å². The molecule has 0 spiro atoms. The van der Waals surface area contributed by atoms with E-state index in [0.29, 0.717) is 22.6 Å². The van der Waals surface area contributed by atoms with Gasteiger partial charge in [0.05, 0.1) is 18.7 Å². The van der Waals surface area contributed by atoms with Gasteiger partial charge in [0.2, 0.25) is 0 Å². The van der Waals surface area contributed by atoms with Gasteiger partial charge in [-0.1, -0.05) is 24.3 Å². The Morgan fingerprint density at radius 2 is 1.97 bits per heavy atom. The summed E-state index contributed by atoms with van der Waals surface area (Å²) in [5, 5.41) is 11.7. The summed E-state index contributed by atoms with van der Waals surface area (Å²) in [5.41, 5.74) is 1.86. The molecule has 0 bridgehead atoms. The van der Waals surface area contributed by atoms with Crippen molar-refractivity contribution in [2.45, 2.75) is 6.61 Å². The van der Waals surface area contributed by atoms with Gasteiger partial charge in [-0.3, -0.25) is 19.8 Å². The Morgan fingerprint density at radius 3 is 2.69 bits per heavy atom. The first-order chi connectivity index (χ1) is 13.9. The quantitative estimate of drug-likeness (QED) is 0.465. The lowest BCUT2D eigenvalue weighted by Crippen LogP contribution is -2.52. The summed E-state index contributed by atoms with van der Waals surface area (Å²) in [6, 6.07) is 14.3. The molecule has 2 aromatic rings. The van der Waals surface area contributed by atoms with Crippen molar-refractivity contribution in [1.29, 1.82) is 5.26 Å². The number of benzene rings is 2. The third-order valence-electron chi connectivity index (χ3n) is 4.32. The van der Waals surface area contributed by atoms with Crippen LogP contribution in [0.15, 0.2) is 48.0 Å². The molecule has 0 saturated carbocycles. The average molecular weight is 407 g/mol. The van der Waals surface area contributed by atoms with E-state index in [4.69, 9.17) is 21.7 Å². The number of carbonyl (C=O) groups excluding carboxylic acids is 2. The summed E-state index contributed by atoms with van der Waals surface area (Å²) < 4.78 is 11.2. The van der Waals surface area contributed by atoms with E-state index in [1.165, 1.54) is 25.1 Å². The number of carbonyl (C=O) groups is 2. The van der Waals surface area contributed by atoms with Crippen LogP contribution in [0.2, 0.25) is 0 Å². The first-order valence-corrected chi connectivity index (χ1v) is 8.99. The summed E-state index contributed by atoms with van der Waals surface area (Å²) in [4.78, 5) is 25.6. The van der Waals surface area contributed by atoms with Crippen LogP contribution in [0.4, 0.5) is 0 Å². The van der Waals surface area contributed by atoms with Crippen LogP contribution in [-0.4, -0.2) is 36.0 Å². The molecule has 0 aliphatic carbocycles.